The topological polar surface area (TPSA) is 74.6 Å². The molecule has 0 aliphatic carbocycles. The number of carbonyl (C=O) groups excluding carboxylic acids is 1. The molecule has 0 unspecified atom stereocenters. The van der Waals surface area contributed by atoms with E-state index in [1.54, 1.807) is 32.4 Å². The van der Waals surface area contributed by atoms with Gasteiger partial charge in [0.2, 0.25) is 5.91 Å². The molecule has 2 aromatic rings. The molecule has 1 aliphatic heterocycles. The van der Waals surface area contributed by atoms with E-state index in [4.69, 9.17) is 14.7 Å². The van der Waals surface area contributed by atoms with Crippen molar-refractivity contribution in [3.8, 4) is 17.6 Å². The van der Waals surface area contributed by atoms with Gasteiger partial charge in [-0.2, -0.15) is 5.26 Å². The van der Waals surface area contributed by atoms with E-state index in [2.05, 4.69) is 11.4 Å². The lowest BCUT2D eigenvalue weighted by Gasteiger charge is -2.30. The van der Waals surface area contributed by atoms with Crippen LogP contribution in [0, 0.1) is 11.3 Å². The maximum atomic E-state index is 12.6. The number of ether oxygens (including phenoxy) is 2. The van der Waals surface area contributed by atoms with Gasteiger partial charge in [-0.3, -0.25) is 4.79 Å². The molecule has 0 spiro atoms. The van der Waals surface area contributed by atoms with Gasteiger partial charge in [-0.25, -0.2) is 0 Å². The van der Waals surface area contributed by atoms with E-state index in [9.17, 15) is 4.79 Å². The average Bonchev–Trinajstić information content (AvgIpc) is 2.70. The van der Waals surface area contributed by atoms with Crippen molar-refractivity contribution in [1.29, 1.82) is 5.26 Å². The Morgan fingerprint density at radius 2 is 1.92 bits per heavy atom. The summed E-state index contributed by atoms with van der Waals surface area (Å²) in [5.41, 5.74) is 3.59. The zero-order valence-corrected chi connectivity index (χ0v) is 14.9. The van der Waals surface area contributed by atoms with Crippen LogP contribution in [0.2, 0.25) is 0 Å². The van der Waals surface area contributed by atoms with E-state index in [0.717, 1.165) is 17.7 Å². The second kappa shape index (κ2) is 7.79. The van der Waals surface area contributed by atoms with Gasteiger partial charge in [-0.15, -0.1) is 0 Å². The molecule has 26 heavy (non-hydrogen) atoms. The molecular formula is C20H21N3O3. The van der Waals surface area contributed by atoms with Crippen LogP contribution in [-0.4, -0.2) is 38.1 Å². The van der Waals surface area contributed by atoms with Crippen LogP contribution in [0.15, 0.2) is 36.4 Å². The summed E-state index contributed by atoms with van der Waals surface area (Å²) in [6.45, 7) is 1.41. The van der Waals surface area contributed by atoms with Crippen LogP contribution in [0.5, 0.6) is 11.5 Å². The molecule has 0 aromatic heterocycles. The van der Waals surface area contributed by atoms with Crippen LogP contribution < -0.4 is 14.8 Å². The molecule has 6 heteroatoms. The van der Waals surface area contributed by atoms with Gasteiger partial charge in [0.15, 0.2) is 11.5 Å². The number of benzene rings is 2. The summed E-state index contributed by atoms with van der Waals surface area (Å²) in [4.78, 5) is 14.4. The van der Waals surface area contributed by atoms with Crippen molar-refractivity contribution < 1.29 is 14.3 Å². The predicted octanol–water partition coefficient (Wildman–Crippen LogP) is 2.57. The SMILES string of the molecule is COc1cc2c(cc1OC)CN(C(=O)CNc1cccc(C#N)c1)CC2. The number of nitrogens with zero attached hydrogens (tertiary/aromatic N) is 2. The molecule has 0 saturated carbocycles. The zero-order chi connectivity index (χ0) is 18.5. The Labute approximate surface area is 152 Å². The Morgan fingerprint density at radius 1 is 1.19 bits per heavy atom. The van der Waals surface area contributed by atoms with Crippen LogP contribution in [0.25, 0.3) is 0 Å². The number of hydrogen-bond acceptors (Lipinski definition) is 5. The molecule has 3 rings (SSSR count). The molecule has 1 heterocycles. The third kappa shape index (κ3) is 3.72. The van der Waals surface area contributed by atoms with Gasteiger partial charge < -0.3 is 19.7 Å². The summed E-state index contributed by atoms with van der Waals surface area (Å²) < 4.78 is 10.7. The summed E-state index contributed by atoms with van der Waals surface area (Å²) >= 11 is 0. The number of nitrogens with one attached hydrogen (secondary N) is 1. The van der Waals surface area contributed by atoms with Crippen molar-refractivity contribution in [2.24, 2.45) is 0 Å². The highest BCUT2D eigenvalue weighted by Crippen LogP contribution is 2.33. The Morgan fingerprint density at radius 3 is 2.62 bits per heavy atom. The van der Waals surface area contributed by atoms with Crippen molar-refractivity contribution in [2.45, 2.75) is 13.0 Å². The Balaban J connectivity index is 1.66. The fourth-order valence-electron chi connectivity index (χ4n) is 3.08. The summed E-state index contributed by atoms with van der Waals surface area (Å²) in [6.07, 6.45) is 0.783. The number of anilines is 1. The molecule has 0 fully saturated rings. The minimum absolute atomic E-state index is 0.0211. The maximum Gasteiger partial charge on any atom is 0.242 e. The van der Waals surface area contributed by atoms with Gasteiger partial charge in [0.05, 0.1) is 32.4 Å². The maximum absolute atomic E-state index is 12.6. The summed E-state index contributed by atoms with van der Waals surface area (Å²) in [6, 6.07) is 13.1. The van der Waals surface area contributed by atoms with Crippen LogP contribution >= 0.6 is 0 Å². The van der Waals surface area contributed by atoms with Gasteiger partial charge >= 0.3 is 0 Å². The fraction of sp³-hybridized carbons (Fsp3) is 0.300. The van der Waals surface area contributed by atoms with Crippen molar-refractivity contribution in [3.05, 3.63) is 53.1 Å². The van der Waals surface area contributed by atoms with Gasteiger partial charge in [-0.1, -0.05) is 6.07 Å². The number of amides is 1. The van der Waals surface area contributed by atoms with Gasteiger partial charge in [-0.05, 0) is 47.9 Å². The molecule has 2 aromatic carbocycles. The number of fused-ring (bicyclic) bond motifs is 1. The highest BCUT2D eigenvalue weighted by atomic mass is 16.5. The third-order valence-electron chi connectivity index (χ3n) is 4.51. The summed E-state index contributed by atoms with van der Waals surface area (Å²) in [5, 5.41) is 12.0. The minimum atomic E-state index is 0.0211. The highest BCUT2D eigenvalue weighted by molar-refractivity contribution is 5.81. The van der Waals surface area contributed by atoms with Crippen molar-refractivity contribution in [1.82, 2.24) is 4.90 Å². The molecule has 1 aliphatic rings. The van der Waals surface area contributed by atoms with E-state index < -0.39 is 0 Å². The van der Waals surface area contributed by atoms with E-state index >= 15 is 0 Å². The van der Waals surface area contributed by atoms with Crippen LogP contribution in [0.3, 0.4) is 0 Å². The molecule has 134 valence electrons. The first-order chi connectivity index (χ1) is 12.6. The van der Waals surface area contributed by atoms with E-state index in [-0.39, 0.29) is 12.5 Å². The first-order valence-electron chi connectivity index (χ1n) is 8.40. The lowest BCUT2D eigenvalue weighted by Crippen LogP contribution is -2.39. The summed E-state index contributed by atoms with van der Waals surface area (Å²) in [5.74, 6) is 1.41. The van der Waals surface area contributed by atoms with Gasteiger partial charge in [0.1, 0.15) is 0 Å². The number of carbonyl (C=O) groups is 1. The molecule has 6 nitrogen and oxygen atoms in total. The largest absolute Gasteiger partial charge is 0.493 e. The summed E-state index contributed by atoms with van der Waals surface area (Å²) in [7, 11) is 3.23. The third-order valence-corrected chi connectivity index (χ3v) is 4.51. The van der Waals surface area contributed by atoms with E-state index in [1.807, 2.05) is 23.1 Å². The molecule has 0 bridgehead atoms. The van der Waals surface area contributed by atoms with Crippen molar-refractivity contribution >= 4 is 11.6 Å². The molecule has 0 radical (unpaired) electrons. The predicted molar refractivity (Wildman–Crippen MR) is 98.3 cm³/mol. The second-order valence-corrected chi connectivity index (χ2v) is 6.09. The zero-order valence-electron chi connectivity index (χ0n) is 14.9. The monoisotopic (exact) mass is 351 g/mol. The lowest BCUT2D eigenvalue weighted by atomic mass is 9.98. The first kappa shape index (κ1) is 17.6. The number of methoxy groups -OCH3 is 2. The first-order valence-corrected chi connectivity index (χ1v) is 8.40. The standard InChI is InChI=1S/C20H21N3O3/c1-25-18-9-15-6-7-23(13-16(15)10-19(18)26-2)20(24)12-22-17-5-3-4-14(8-17)11-21/h3-5,8-10,22H,6-7,12-13H2,1-2H3. The van der Waals surface area contributed by atoms with E-state index in [0.29, 0.717) is 30.2 Å². The van der Waals surface area contributed by atoms with Crippen LogP contribution in [0.4, 0.5) is 5.69 Å². The van der Waals surface area contributed by atoms with E-state index in [1.165, 1.54) is 5.56 Å². The quantitative estimate of drug-likeness (QED) is 0.896. The molecule has 1 amide bonds. The number of nitriles is 1. The minimum Gasteiger partial charge on any atom is -0.493 e. The number of rotatable bonds is 5. The second-order valence-electron chi connectivity index (χ2n) is 6.09. The van der Waals surface area contributed by atoms with Crippen molar-refractivity contribution in [2.75, 3.05) is 32.6 Å². The Bertz CT molecular complexity index is 858. The normalized spacial score (nSPS) is 12.7. The fourth-order valence-corrected chi connectivity index (χ4v) is 3.08. The lowest BCUT2D eigenvalue weighted by molar-refractivity contribution is -0.130. The Kier molecular flexibility index (Phi) is 5.28. The molecule has 1 N–H and O–H groups in total. The molecular weight excluding hydrogens is 330 g/mol. The van der Waals surface area contributed by atoms with Crippen LogP contribution in [0.1, 0.15) is 16.7 Å². The van der Waals surface area contributed by atoms with Gasteiger partial charge in [0.25, 0.3) is 0 Å². The van der Waals surface area contributed by atoms with Crippen molar-refractivity contribution in [3.63, 3.8) is 0 Å². The number of hydrogen-bond donors (Lipinski definition) is 1. The highest BCUT2D eigenvalue weighted by Gasteiger charge is 2.22. The average molecular weight is 351 g/mol. The van der Waals surface area contributed by atoms with Gasteiger partial charge in [0, 0.05) is 18.8 Å². The van der Waals surface area contributed by atoms with Crippen LogP contribution in [-0.2, 0) is 17.8 Å². The smallest absolute Gasteiger partial charge is 0.242 e. The molecule has 0 atom stereocenters. The molecule has 0 saturated heterocycles. The Hall–Kier alpha value is -3.20.